The average Bonchev–Trinajstić information content (AvgIpc) is 2.57. The highest BCUT2D eigenvalue weighted by atomic mass is 79.9. The zero-order valence-corrected chi connectivity index (χ0v) is 19.5. The molecule has 0 saturated heterocycles. The number of aryl methyl sites for hydroxylation is 1. The molecule has 0 heterocycles. The first-order valence-corrected chi connectivity index (χ1v) is 9.19. The van der Waals surface area contributed by atoms with Gasteiger partial charge in [0.05, 0.1) is 6.61 Å². The van der Waals surface area contributed by atoms with E-state index in [2.05, 4.69) is 73.3 Å². The second-order valence-corrected chi connectivity index (χ2v) is 5.08. The highest BCUT2D eigenvalue weighted by molar-refractivity contribution is 5.26. The Bertz CT molecular complexity index is 308. The van der Waals surface area contributed by atoms with Crippen molar-refractivity contribution in [2.45, 2.75) is 74.1 Å². The molecule has 0 saturated carbocycles. The average molecular weight is 417 g/mol. The summed E-state index contributed by atoms with van der Waals surface area (Å²) < 4.78 is 5.48. The fraction of sp³-hybridized carbons (Fsp3) is 0.591. The first kappa shape index (κ1) is 35.1. The summed E-state index contributed by atoms with van der Waals surface area (Å²) in [4.78, 5) is 3.75. The summed E-state index contributed by atoms with van der Waals surface area (Å²) in [7, 11) is 0. The lowest BCUT2D eigenvalue weighted by Crippen LogP contribution is -3.00. The van der Waals surface area contributed by atoms with Crippen LogP contribution in [0.4, 0.5) is 0 Å². The zero-order chi connectivity index (χ0) is 19.6. The summed E-state index contributed by atoms with van der Waals surface area (Å²) in [6.07, 6.45) is 4.68. The van der Waals surface area contributed by atoms with Crippen LogP contribution in [0.1, 0.15) is 72.8 Å². The lowest BCUT2D eigenvalue weighted by atomic mass is 10.2. The van der Waals surface area contributed by atoms with E-state index in [-0.39, 0.29) is 17.0 Å². The number of nitrogens with zero attached hydrogens (tertiary/aromatic N) is 1. The highest BCUT2D eigenvalue weighted by Gasteiger charge is 1.91. The van der Waals surface area contributed by atoms with Crippen LogP contribution in [-0.2, 0) is 0 Å². The highest BCUT2D eigenvalue weighted by Crippen LogP contribution is 2.11. The van der Waals surface area contributed by atoms with Crippen LogP contribution >= 0.6 is 0 Å². The molecule has 150 valence electrons. The molecule has 1 aromatic rings. The predicted molar refractivity (Wildman–Crippen MR) is 115 cm³/mol. The molecule has 1 rings (SSSR count). The van der Waals surface area contributed by atoms with Crippen LogP contribution in [0.2, 0.25) is 0 Å². The van der Waals surface area contributed by atoms with Crippen LogP contribution in [0.15, 0.2) is 42.4 Å². The van der Waals surface area contributed by atoms with E-state index in [4.69, 9.17) is 4.74 Å². The number of rotatable bonds is 5. The number of aliphatic imine (C=N–C) groups is 1. The van der Waals surface area contributed by atoms with Crippen molar-refractivity contribution in [2.75, 3.05) is 13.2 Å². The molecule has 0 N–H and O–H groups in total. The lowest BCUT2D eigenvalue weighted by molar-refractivity contribution is -0.00000617. The fourth-order valence-corrected chi connectivity index (χ4v) is 1.00. The third-order valence-corrected chi connectivity index (χ3v) is 1.75. The monoisotopic (exact) mass is 416 g/mol. The summed E-state index contributed by atoms with van der Waals surface area (Å²) in [6.45, 7) is 25.7. The second-order valence-electron chi connectivity index (χ2n) is 5.08. The molecule has 3 heteroatoms. The van der Waals surface area contributed by atoms with Crippen LogP contribution in [0.25, 0.3) is 0 Å². The quantitative estimate of drug-likeness (QED) is 0.392. The van der Waals surface area contributed by atoms with E-state index in [0.717, 1.165) is 18.7 Å². The van der Waals surface area contributed by atoms with Gasteiger partial charge in [0.15, 0.2) is 0 Å². The molecule has 0 radical (unpaired) electrons. The second kappa shape index (κ2) is 38.5. The zero-order valence-electron chi connectivity index (χ0n) is 17.9. The minimum absolute atomic E-state index is 0. The number of hydrogen-bond acceptors (Lipinski definition) is 2. The molecule has 25 heavy (non-hydrogen) atoms. The van der Waals surface area contributed by atoms with Gasteiger partial charge in [0.25, 0.3) is 0 Å². The van der Waals surface area contributed by atoms with E-state index in [0.29, 0.717) is 6.61 Å². The largest absolute Gasteiger partial charge is 1.00 e. The minimum Gasteiger partial charge on any atom is -1.00 e. The number of halogens is 1. The van der Waals surface area contributed by atoms with Gasteiger partial charge in [-0.1, -0.05) is 78.5 Å². The van der Waals surface area contributed by atoms with Crippen LogP contribution in [-0.4, -0.2) is 19.9 Å². The maximum Gasteiger partial charge on any atom is 0.119 e. The lowest BCUT2D eigenvalue weighted by Gasteiger charge is -2.04. The topological polar surface area (TPSA) is 21.6 Å². The van der Waals surface area contributed by atoms with Crippen LogP contribution in [0.3, 0.4) is 0 Å². The molecule has 0 aliphatic heterocycles. The Morgan fingerprint density at radius 2 is 1.20 bits per heavy atom. The van der Waals surface area contributed by atoms with Gasteiger partial charge in [-0.15, -0.1) is 13.2 Å². The first-order valence-electron chi connectivity index (χ1n) is 9.19. The van der Waals surface area contributed by atoms with Crippen molar-refractivity contribution in [2.24, 2.45) is 4.99 Å². The van der Waals surface area contributed by atoms with Crippen LogP contribution in [0, 0.1) is 6.92 Å². The number of benzene rings is 1. The number of hydrogen-bond donors (Lipinski definition) is 0. The molecule has 0 atom stereocenters. The Labute approximate surface area is 169 Å². The third kappa shape index (κ3) is 45.1. The van der Waals surface area contributed by atoms with Crippen molar-refractivity contribution in [3.63, 3.8) is 0 Å². The van der Waals surface area contributed by atoms with Gasteiger partial charge in [-0.3, -0.25) is 0 Å². The van der Waals surface area contributed by atoms with Gasteiger partial charge in [-0.05, 0) is 25.8 Å². The Morgan fingerprint density at radius 1 is 0.840 bits per heavy atom. The Hall–Kier alpha value is -1.09. The van der Waals surface area contributed by atoms with E-state index < -0.39 is 0 Å². The maximum absolute atomic E-state index is 5.48. The van der Waals surface area contributed by atoms with Gasteiger partial charge in [-0.2, -0.15) is 0 Å². The molecular formula is C22H43BrNO-. The summed E-state index contributed by atoms with van der Waals surface area (Å²) in [6, 6.07) is 8.05. The summed E-state index contributed by atoms with van der Waals surface area (Å²) >= 11 is 0. The van der Waals surface area contributed by atoms with E-state index >= 15 is 0 Å². The SMILES string of the molecule is C=C.C=NCCCOc1ccc(C)cc1.CCC.CCC.CCC.[Br-]. The van der Waals surface area contributed by atoms with E-state index in [1.807, 2.05) is 24.3 Å². The molecule has 0 spiro atoms. The molecule has 0 aliphatic rings. The normalized spacial score (nSPS) is 7.32. The van der Waals surface area contributed by atoms with Crippen molar-refractivity contribution >= 4 is 6.72 Å². The number of ether oxygens (including phenoxy) is 1. The van der Waals surface area contributed by atoms with Crippen LogP contribution < -0.4 is 21.7 Å². The minimum atomic E-state index is 0. The first-order chi connectivity index (χ1) is 11.6. The summed E-state index contributed by atoms with van der Waals surface area (Å²) in [5.41, 5.74) is 1.25. The third-order valence-electron chi connectivity index (χ3n) is 1.75. The van der Waals surface area contributed by atoms with Gasteiger partial charge in [-0.25, -0.2) is 0 Å². The van der Waals surface area contributed by atoms with Gasteiger partial charge >= 0.3 is 0 Å². The maximum atomic E-state index is 5.48. The molecule has 0 amide bonds. The predicted octanol–water partition coefficient (Wildman–Crippen LogP) is 4.52. The molecule has 1 aromatic carbocycles. The van der Waals surface area contributed by atoms with Crippen molar-refractivity contribution < 1.29 is 21.7 Å². The van der Waals surface area contributed by atoms with Crippen LogP contribution in [0.5, 0.6) is 5.75 Å². The van der Waals surface area contributed by atoms with E-state index in [1.165, 1.54) is 24.8 Å². The Kier molecular flexibility index (Phi) is 54.0. The molecule has 0 fully saturated rings. The fourth-order valence-electron chi connectivity index (χ4n) is 1.00. The van der Waals surface area contributed by atoms with Crippen molar-refractivity contribution in [1.29, 1.82) is 0 Å². The van der Waals surface area contributed by atoms with Gasteiger partial charge in [0.2, 0.25) is 0 Å². The molecule has 0 aliphatic carbocycles. The van der Waals surface area contributed by atoms with E-state index in [9.17, 15) is 0 Å². The van der Waals surface area contributed by atoms with Crippen molar-refractivity contribution in [3.8, 4) is 5.75 Å². The molecular weight excluding hydrogens is 374 g/mol. The molecule has 0 bridgehead atoms. The summed E-state index contributed by atoms with van der Waals surface area (Å²) in [5, 5.41) is 0. The van der Waals surface area contributed by atoms with Crippen molar-refractivity contribution in [1.82, 2.24) is 0 Å². The standard InChI is InChI=1S/C11H15NO.3C3H8.C2H4.BrH/c1-10-4-6-11(7-5-10)13-9-3-8-12-2;3*1-3-2;1-2;/h4-7H,2-3,8-9H2,1H3;3*3H2,1-2H3;1-2H2;1H/p-1. The van der Waals surface area contributed by atoms with Crippen molar-refractivity contribution in [3.05, 3.63) is 43.0 Å². The van der Waals surface area contributed by atoms with E-state index in [1.54, 1.807) is 0 Å². The van der Waals surface area contributed by atoms with Gasteiger partial charge in [0, 0.05) is 13.0 Å². The van der Waals surface area contributed by atoms with Gasteiger partial charge < -0.3 is 26.7 Å². The molecule has 2 nitrogen and oxygen atoms in total. The molecule has 0 aromatic heterocycles. The molecule has 0 unspecified atom stereocenters. The smallest absolute Gasteiger partial charge is 0.119 e. The summed E-state index contributed by atoms with van der Waals surface area (Å²) in [5.74, 6) is 0.926. The Morgan fingerprint density at radius 3 is 1.52 bits per heavy atom. The van der Waals surface area contributed by atoms with Gasteiger partial charge in [0.1, 0.15) is 5.75 Å². The Balaban J connectivity index is -0.0000000933.